The highest BCUT2D eigenvalue weighted by molar-refractivity contribution is 6.41. The fourth-order valence-electron chi connectivity index (χ4n) is 1.57. The summed E-state index contributed by atoms with van der Waals surface area (Å²) in [7, 11) is 0. The van der Waals surface area contributed by atoms with Crippen molar-refractivity contribution in [2.45, 2.75) is 6.18 Å². The molecule has 0 aliphatic carbocycles. The van der Waals surface area contributed by atoms with Gasteiger partial charge in [-0.3, -0.25) is 4.79 Å². The molecule has 0 aliphatic heterocycles. The van der Waals surface area contributed by atoms with Crippen molar-refractivity contribution >= 4 is 46.4 Å². The van der Waals surface area contributed by atoms with Gasteiger partial charge in [-0.05, 0) is 24.3 Å². The lowest BCUT2D eigenvalue weighted by Gasteiger charge is -2.12. The fourth-order valence-corrected chi connectivity index (χ4v) is 2.06. The Bertz CT molecular complexity index is 735. The lowest BCUT2D eigenvalue weighted by atomic mass is 10.2. The summed E-state index contributed by atoms with van der Waals surface area (Å²) in [6.07, 6.45) is -3.47. The van der Waals surface area contributed by atoms with Crippen molar-refractivity contribution < 1.29 is 18.0 Å². The van der Waals surface area contributed by atoms with Crippen LogP contribution in [0.5, 0.6) is 0 Å². The third kappa shape index (κ3) is 3.82. The highest BCUT2D eigenvalue weighted by Gasteiger charge is 2.33. The number of amides is 1. The second-order valence-corrected chi connectivity index (χ2v) is 5.32. The van der Waals surface area contributed by atoms with E-state index in [0.717, 1.165) is 18.3 Å². The molecule has 1 N–H and O–H groups in total. The van der Waals surface area contributed by atoms with E-state index in [1.165, 1.54) is 12.1 Å². The van der Waals surface area contributed by atoms with Crippen LogP contribution in [0.2, 0.25) is 15.2 Å². The first-order valence-corrected chi connectivity index (χ1v) is 6.81. The molecule has 0 radical (unpaired) electrons. The molecule has 0 unspecified atom stereocenters. The van der Waals surface area contributed by atoms with Gasteiger partial charge in [0, 0.05) is 11.9 Å². The smallest absolute Gasteiger partial charge is 0.322 e. The molecule has 2 aromatic rings. The molecule has 0 bridgehead atoms. The van der Waals surface area contributed by atoms with E-state index in [9.17, 15) is 18.0 Å². The van der Waals surface area contributed by atoms with Gasteiger partial charge in [0.1, 0.15) is 5.15 Å². The number of nitrogens with zero attached hydrogens (tertiary/aromatic N) is 1. The van der Waals surface area contributed by atoms with Gasteiger partial charge in [0.25, 0.3) is 5.91 Å². The maximum absolute atomic E-state index is 12.7. The lowest BCUT2D eigenvalue weighted by Crippen LogP contribution is -2.13. The molecule has 0 fully saturated rings. The van der Waals surface area contributed by atoms with Crippen LogP contribution in [0.25, 0.3) is 0 Å². The molecule has 22 heavy (non-hydrogen) atoms. The number of halogens is 6. The summed E-state index contributed by atoms with van der Waals surface area (Å²) in [5.74, 6) is -0.679. The van der Waals surface area contributed by atoms with Gasteiger partial charge in [-0.15, -0.1) is 0 Å². The van der Waals surface area contributed by atoms with Gasteiger partial charge in [0.15, 0.2) is 0 Å². The lowest BCUT2D eigenvalue weighted by molar-refractivity contribution is -0.137. The van der Waals surface area contributed by atoms with Gasteiger partial charge in [0.2, 0.25) is 0 Å². The third-order valence-electron chi connectivity index (χ3n) is 2.59. The summed E-state index contributed by atoms with van der Waals surface area (Å²) < 4.78 is 38.2. The van der Waals surface area contributed by atoms with E-state index in [0.29, 0.717) is 0 Å². The van der Waals surface area contributed by atoms with Gasteiger partial charge in [-0.2, -0.15) is 13.2 Å². The SMILES string of the molecule is O=C(Nc1ccc(Cl)c(C(F)(F)F)c1)c1cnc(Cl)c(Cl)c1. The molecule has 0 atom stereocenters. The zero-order valence-corrected chi connectivity index (χ0v) is 12.8. The van der Waals surface area contributed by atoms with Crippen LogP contribution >= 0.6 is 34.8 Å². The van der Waals surface area contributed by atoms with Crippen LogP contribution in [-0.2, 0) is 6.18 Å². The molecule has 0 saturated carbocycles. The predicted molar refractivity (Wildman–Crippen MR) is 78.7 cm³/mol. The largest absolute Gasteiger partial charge is 0.417 e. The minimum atomic E-state index is -4.62. The molecule has 0 saturated heterocycles. The number of anilines is 1. The van der Waals surface area contributed by atoms with E-state index in [1.54, 1.807) is 0 Å². The van der Waals surface area contributed by atoms with Crippen LogP contribution in [0.3, 0.4) is 0 Å². The summed E-state index contributed by atoms with van der Waals surface area (Å²) in [4.78, 5) is 15.6. The van der Waals surface area contributed by atoms with Gasteiger partial charge >= 0.3 is 6.18 Å². The number of aromatic nitrogens is 1. The number of hydrogen-bond donors (Lipinski definition) is 1. The molecule has 0 aliphatic rings. The zero-order valence-electron chi connectivity index (χ0n) is 10.5. The molecule has 0 spiro atoms. The Morgan fingerprint density at radius 1 is 1.09 bits per heavy atom. The first-order valence-electron chi connectivity index (χ1n) is 5.67. The highest BCUT2D eigenvalue weighted by atomic mass is 35.5. The molecule has 2 rings (SSSR count). The number of carbonyl (C=O) groups excluding carboxylic acids is 1. The van der Waals surface area contributed by atoms with Crippen molar-refractivity contribution in [3.63, 3.8) is 0 Å². The summed E-state index contributed by atoms with van der Waals surface area (Å²) >= 11 is 16.8. The Hall–Kier alpha value is -1.50. The van der Waals surface area contributed by atoms with Crippen LogP contribution in [0.15, 0.2) is 30.5 Å². The number of pyridine rings is 1. The summed E-state index contributed by atoms with van der Waals surface area (Å²) in [6.45, 7) is 0. The number of hydrogen-bond acceptors (Lipinski definition) is 2. The second-order valence-electron chi connectivity index (χ2n) is 4.14. The van der Waals surface area contributed by atoms with Crippen molar-refractivity contribution in [2.75, 3.05) is 5.32 Å². The van der Waals surface area contributed by atoms with Gasteiger partial charge in [0.05, 0.1) is 21.2 Å². The number of carbonyl (C=O) groups is 1. The Labute approximate surface area is 138 Å². The molecule has 9 heteroatoms. The number of alkyl halides is 3. The van der Waals surface area contributed by atoms with Crippen molar-refractivity contribution in [1.82, 2.24) is 4.98 Å². The minimum absolute atomic E-state index is 0.0177. The van der Waals surface area contributed by atoms with E-state index in [2.05, 4.69) is 10.3 Å². The summed E-state index contributed by atoms with van der Waals surface area (Å²) in [5.41, 5.74) is -1.05. The fraction of sp³-hybridized carbons (Fsp3) is 0.0769. The standard InChI is InChI=1S/C13H6Cl3F3N2O/c14-9-2-1-7(4-8(9)13(17,18)19)21-12(22)6-3-10(15)11(16)20-5-6/h1-5H,(H,21,22). The monoisotopic (exact) mass is 368 g/mol. The first kappa shape index (κ1) is 16.9. The van der Waals surface area contributed by atoms with Gasteiger partial charge < -0.3 is 5.32 Å². The molecule has 1 aromatic heterocycles. The summed E-state index contributed by atoms with van der Waals surface area (Å²) in [5, 5.41) is 1.92. The Balaban J connectivity index is 2.27. The highest BCUT2D eigenvalue weighted by Crippen LogP contribution is 2.36. The van der Waals surface area contributed by atoms with E-state index >= 15 is 0 Å². The molecule has 1 aromatic carbocycles. The summed E-state index contributed by atoms with van der Waals surface area (Å²) in [6, 6.07) is 4.30. The average molecular weight is 370 g/mol. The average Bonchev–Trinajstić information content (AvgIpc) is 2.42. The van der Waals surface area contributed by atoms with Gasteiger partial charge in [-0.25, -0.2) is 4.98 Å². The van der Waals surface area contributed by atoms with Crippen LogP contribution in [-0.4, -0.2) is 10.9 Å². The maximum Gasteiger partial charge on any atom is 0.417 e. The molecule has 1 heterocycles. The number of benzene rings is 1. The molecule has 116 valence electrons. The van der Waals surface area contributed by atoms with Gasteiger partial charge in [-0.1, -0.05) is 34.8 Å². The Kier molecular flexibility index (Phi) is 4.84. The van der Waals surface area contributed by atoms with E-state index < -0.39 is 22.7 Å². The normalized spacial score (nSPS) is 11.4. The molecule has 1 amide bonds. The molecular weight excluding hydrogens is 364 g/mol. The number of nitrogens with one attached hydrogen (secondary N) is 1. The van der Waals surface area contributed by atoms with Crippen LogP contribution < -0.4 is 5.32 Å². The quantitative estimate of drug-likeness (QED) is 0.729. The van der Waals surface area contributed by atoms with Crippen molar-refractivity contribution in [1.29, 1.82) is 0 Å². The van der Waals surface area contributed by atoms with Crippen molar-refractivity contribution in [3.8, 4) is 0 Å². The van der Waals surface area contributed by atoms with E-state index in [-0.39, 0.29) is 21.4 Å². The van der Waals surface area contributed by atoms with Crippen molar-refractivity contribution in [3.05, 3.63) is 56.8 Å². The van der Waals surface area contributed by atoms with Crippen LogP contribution in [0.4, 0.5) is 18.9 Å². The van der Waals surface area contributed by atoms with Crippen molar-refractivity contribution in [2.24, 2.45) is 0 Å². The van der Waals surface area contributed by atoms with E-state index in [1.807, 2.05) is 0 Å². The molecule has 3 nitrogen and oxygen atoms in total. The van der Waals surface area contributed by atoms with Crippen LogP contribution in [0, 0.1) is 0 Å². The zero-order chi connectivity index (χ0) is 16.5. The maximum atomic E-state index is 12.7. The minimum Gasteiger partial charge on any atom is -0.322 e. The third-order valence-corrected chi connectivity index (χ3v) is 3.60. The van der Waals surface area contributed by atoms with Crippen LogP contribution in [0.1, 0.15) is 15.9 Å². The topological polar surface area (TPSA) is 42.0 Å². The number of rotatable bonds is 2. The Morgan fingerprint density at radius 3 is 2.36 bits per heavy atom. The Morgan fingerprint density at radius 2 is 1.77 bits per heavy atom. The first-order chi connectivity index (χ1) is 10.2. The second kappa shape index (κ2) is 6.32. The predicted octanol–water partition coefficient (Wildman–Crippen LogP) is 5.31. The molecular formula is C13H6Cl3F3N2O. The van der Waals surface area contributed by atoms with E-state index in [4.69, 9.17) is 34.8 Å².